The predicted molar refractivity (Wildman–Crippen MR) is 38.4 cm³/mol. The van der Waals surface area contributed by atoms with Gasteiger partial charge in [0.2, 0.25) is 0 Å². The maximum atomic E-state index is 11.7. The van der Waals surface area contributed by atoms with E-state index in [4.69, 9.17) is 0 Å². The molecule has 0 saturated carbocycles. The summed E-state index contributed by atoms with van der Waals surface area (Å²) in [5.41, 5.74) is 0.568. The number of rotatable bonds is 1. The van der Waals surface area contributed by atoms with E-state index in [0.29, 0.717) is 5.52 Å². The van der Waals surface area contributed by atoms with Crippen LogP contribution in [0.4, 0.5) is 13.2 Å². The minimum absolute atomic E-state index is 0.124. The van der Waals surface area contributed by atoms with Gasteiger partial charge in [-0.1, -0.05) is 0 Å². The first-order valence-electron chi connectivity index (χ1n) is 3.46. The minimum atomic E-state index is -4.79. The molecule has 0 aromatic carbocycles. The highest BCUT2D eigenvalue weighted by atomic mass is 19.4. The molecule has 5 nitrogen and oxygen atoms in total. The Morgan fingerprint density at radius 1 is 1.29 bits per heavy atom. The molecule has 0 radical (unpaired) electrons. The van der Waals surface area contributed by atoms with Crippen molar-refractivity contribution in [2.75, 3.05) is 0 Å². The molecule has 1 N–H and O–H groups in total. The molecular formula is C6H3F3N4O. The number of aromatic nitrogens is 4. The van der Waals surface area contributed by atoms with E-state index in [-0.39, 0.29) is 5.65 Å². The van der Waals surface area contributed by atoms with E-state index in [1.54, 1.807) is 0 Å². The summed E-state index contributed by atoms with van der Waals surface area (Å²) in [6.07, 6.45) is -2.32. The molecule has 0 unspecified atom stereocenters. The number of nitrogens with one attached hydrogen (secondary N) is 1. The molecule has 0 aliphatic heterocycles. The average Bonchev–Trinajstić information content (AvgIpc) is 2.47. The largest absolute Gasteiger partial charge is 0.575 e. The quantitative estimate of drug-likeness (QED) is 0.759. The van der Waals surface area contributed by atoms with E-state index < -0.39 is 12.4 Å². The fourth-order valence-electron chi connectivity index (χ4n) is 0.873. The third-order valence-electron chi connectivity index (χ3n) is 1.36. The zero-order chi connectivity index (χ0) is 10.2. The van der Waals surface area contributed by atoms with Crippen LogP contribution < -0.4 is 4.74 Å². The maximum absolute atomic E-state index is 11.7. The van der Waals surface area contributed by atoms with Crippen molar-refractivity contribution in [3.8, 4) is 6.01 Å². The highest BCUT2D eigenvalue weighted by molar-refractivity contribution is 5.68. The molecule has 74 valence electrons. The van der Waals surface area contributed by atoms with Gasteiger partial charge in [0, 0.05) is 0 Å². The molecule has 2 rings (SSSR count). The zero-order valence-corrected chi connectivity index (χ0v) is 6.54. The molecule has 2 aromatic rings. The first-order valence-corrected chi connectivity index (χ1v) is 3.46. The molecule has 8 heteroatoms. The average molecular weight is 204 g/mol. The van der Waals surface area contributed by atoms with E-state index in [9.17, 15) is 13.2 Å². The molecule has 0 bridgehead atoms. The van der Waals surface area contributed by atoms with Crippen LogP contribution in [0.3, 0.4) is 0 Å². The van der Waals surface area contributed by atoms with Crippen molar-refractivity contribution >= 4 is 11.2 Å². The smallest absolute Gasteiger partial charge is 0.371 e. The predicted octanol–water partition coefficient (Wildman–Crippen LogP) is 1.25. The number of nitrogens with zero attached hydrogens (tertiary/aromatic N) is 3. The second-order valence-electron chi connectivity index (χ2n) is 2.34. The van der Waals surface area contributed by atoms with Crippen LogP contribution in [0.1, 0.15) is 0 Å². The molecular weight excluding hydrogens is 201 g/mol. The van der Waals surface area contributed by atoms with E-state index in [1.165, 1.54) is 6.33 Å². The van der Waals surface area contributed by atoms with Gasteiger partial charge in [-0.25, -0.2) is 9.97 Å². The Hall–Kier alpha value is -1.86. The molecule has 2 aromatic heterocycles. The standard InChI is InChI=1S/C6H3F3N4O/c7-6(8,9)14-5-10-1-3-4(13-5)12-2-11-3/h1-2H,(H,10,11,12,13). The summed E-state index contributed by atoms with van der Waals surface area (Å²) in [5, 5.41) is 0. The molecule has 0 saturated heterocycles. The van der Waals surface area contributed by atoms with Crippen LogP contribution in [0.5, 0.6) is 6.01 Å². The third kappa shape index (κ3) is 1.73. The number of fused-ring (bicyclic) bond motifs is 1. The second kappa shape index (κ2) is 2.82. The van der Waals surface area contributed by atoms with Crippen LogP contribution in [-0.4, -0.2) is 26.3 Å². The topological polar surface area (TPSA) is 63.7 Å². The number of hydrogen-bond donors (Lipinski definition) is 1. The number of hydrogen-bond acceptors (Lipinski definition) is 4. The van der Waals surface area contributed by atoms with Crippen molar-refractivity contribution in [1.82, 2.24) is 19.9 Å². The number of imidazole rings is 1. The van der Waals surface area contributed by atoms with Crippen LogP contribution >= 0.6 is 0 Å². The summed E-state index contributed by atoms with van der Waals surface area (Å²) in [6.45, 7) is 0. The Morgan fingerprint density at radius 2 is 2.07 bits per heavy atom. The Balaban J connectivity index is 2.35. The number of ether oxygens (including phenoxy) is 1. The summed E-state index contributed by atoms with van der Waals surface area (Å²) in [4.78, 5) is 13.1. The molecule has 0 spiro atoms. The Morgan fingerprint density at radius 3 is 2.79 bits per heavy atom. The van der Waals surface area contributed by atoms with Gasteiger partial charge in [-0.15, -0.1) is 13.2 Å². The SMILES string of the molecule is FC(F)(F)Oc1ncc2[nH]cnc2n1. The van der Waals surface area contributed by atoms with Crippen molar-refractivity contribution in [3.05, 3.63) is 12.5 Å². The Kier molecular flexibility index (Phi) is 1.76. The Labute approximate surface area is 75.0 Å². The van der Waals surface area contributed by atoms with Crippen molar-refractivity contribution in [1.29, 1.82) is 0 Å². The van der Waals surface area contributed by atoms with Gasteiger partial charge < -0.3 is 9.72 Å². The van der Waals surface area contributed by atoms with Gasteiger partial charge in [0.25, 0.3) is 0 Å². The lowest BCUT2D eigenvalue weighted by Crippen LogP contribution is -2.18. The lowest BCUT2D eigenvalue weighted by Gasteiger charge is -2.05. The fourth-order valence-corrected chi connectivity index (χ4v) is 0.873. The van der Waals surface area contributed by atoms with E-state index in [0.717, 1.165) is 6.20 Å². The number of H-pyrrole nitrogens is 1. The van der Waals surface area contributed by atoms with E-state index in [2.05, 4.69) is 24.7 Å². The molecule has 0 amide bonds. The highest BCUT2D eigenvalue weighted by Gasteiger charge is 2.32. The van der Waals surface area contributed by atoms with E-state index >= 15 is 0 Å². The van der Waals surface area contributed by atoms with Crippen molar-refractivity contribution in [2.24, 2.45) is 0 Å². The van der Waals surface area contributed by atoms with Gasteiger partial charge >= 0.3 is 12.4 Å². The van der Waals surface area contributed by atoms with Gasteiger partial charge in [0.1, 0.15) is 5.52 Å². The minimum Gasteiger partial charge on any atom is -0.371 e. The monoisotopic (exact) mass is 204 g/mol. The molecule has 0 aliphatic rings. The lowest BCUT2D eigenvalue weighted by molar-refractivity contribution is -0.277. The Bertz CT molecular complexity index is 452. The summed E-state index contributed by atoms with van der Waals surface area (Å²) < 4.78 is 38.7. The van der Waals surface area contributed by atoms with Crippen molar-refractivity contribution in [2.45, 2.75) is 6.36 Å². The van der Waals surface area contributed by atoms with Gasteiger partial charge in [-0.3, -0.25) is 0 Å². The van der Waals surface area contributed by atoms with Crippen LogP contribution in [0.25, 0.3) is 11.2 Å². The number of aromatic amines is 1. The van der Waals surface area contributed by atoms with E-state index in [1.807, 2.05) is 0 Å². The second-order valence-corrected chi connectivity index (χ2v) is 2.34. The number of halogens is 3. The fraction of sp³-hybridized carbons (Fsp3) is 0.167. The van der Waals surface area contributed by atoms with Gasteiger partial charge in [-0.05, 0) is 0 Å². The highest BCUT2D eigenvalue weighted by Crippen LogP contribution is 2.19. The zero-order valence-electron chi connectivity index (χ0n) is 6.54. The first kappa shape index (κ1) is 8.73. The summed E-state index contributed by atoms with van der Waals surface area (Å²) in [6, 6.07) is -0.767. The van der Waals surface area contributed by atoms with Crippen molar-refractivity contribution in [3.63, 3.8) is 0 Å². The third-order valence-corrected chi connectivity index (χ3v) is 1.36. The first-order chi connectivity index (χ1) is 6.54. The summed E-state index contributed by atoms with van der Waals surface area (Å²) in [5.74, 6) is 0. The van der Waals surface area contributed by atoms with Gasteiger partial charge in [0.05, 0.1) is 12.5 Å². The molecule has 14 heavy (non-hydrogen) atoms. The maximum Gasteiger partial charge on any atom is 0.575 e. The molecule has 0 atom stereocenters. The normalized spacial score (nSPS) is 11.9. The van der Waals surface area contributed by atoms with Crippen LogP contribution in [0.2, 0.25) is 0 Å². The van der Waals surface area contributed by atoms with Gasteiger partial charge in [-0.2, -0.15) is 4.98 Å². The van der Waals surface area contributed by atoms with Crippen LogP contribution in [0, 0.1) is 0 Å². The van der Waals surface area contributed by atoms with Crippen LogP contribution in [0.15, 0.2) is 12.5 Å². The van der Waals surface area contributed by atoms with Crippen molar-refractivity contribution < 1.29 is 17.9 Å². The van der Waals surface area contributed by atoms with Crippen LogP contribution in [-0.2, 0) is 0 Å². The van der Waals surface area contributed by atoms with Gasteiger partial charge in [0.15, 0.2) is 5.65 Å². The molecule has 0 aliphatic carbocycles. The lowest BCUT2D eigenvalue weighted by atomic mass is 10.6. The summed E-state index contributed by atoms with van der Waals surface area (Å²) >= 11 is 0. The molecule has 2 heterocycles. The molecule has 0 fully saturated rings. The summed E-state index contributed by atoms with van der Waals surface area (Å²) in [7, 11) is 0. The number of alkyl halides is 3.